The fourth-order valence-electron chi connectivity index (χ4n) is 0.853. The number of halogens is 3. The Morgan fingerprint density at radius 1 is 1.50 bits per heavy atom. The van der Waals surface area contributed by atoms with Gasteiger partial charge >= 0.3 is 0 Å². The Morgan fingerprint density at radius 3 is 2.75 bits per heavy atom. The summed E-state index contributed by atoms with van der Waals surface area (Å²) < 4.78 is 12.6. The minimum absolute atomic E-state index is 0.00315. The van der Waals surface area contributed by atoms with Crippen LogP contribution in [0.3, 0.4) is 0 Å². The van der Waals surface area contributed by atoms with Gasteiger partial charge in [-0.1, -0.05) is 11.6 Å². The summed E-state index contributed by atoms with van der Waals surface area (Å²) in [5.74, 6) is -0.429. The molecule has 0 heterocycles. The van der Waals surface area contributed by atoms with Crippen LogP contribution in [0.4, 0.5) is 4.39 Å². The predicted octanol–water partition coefficient (Wildman–Crippen LogP) is 2.75. The maximum absolute atomic E-state index is 12.6. The summed E-state index contributed by atoms with van der Waals surface area (Å²) >= 11 is 11.1. The van der Waals surface area contributed by atoms with E-state index in [0.29, 0.717) is 10.6 Å². The molecule has 0 aromatic heterocycles. The van der Waals surface area contributed by atoms with Crippen LogP contribution in [-0.2, 0) is 0 Å². The summed E-state index contributed by atoms with van der Waals surface area (Å²) in [7, 11) is 0. The van der Waals surface area contributed by atoms with Crippen LogP contribution in [0.15, 0.2) is 18.2 Å². The molecular formula is C8H7Cl2FO. The second-order valence-corrected chi connectivity index (χ2v) is 3.05. The van der Waals surface area contributed by atoms with Gasteiger partial charge in [0.1, 0.15) is 5.82 Å². The van der Waals surface area contributed by atoms with Gasteiger partial charge in [-0.15, -0.1) is 11.6 Å². The van der Waals surface area contributed by atoms with E-state index in [2.05, 4.69) is 0 Å². The first kappa shape index (κ1) is 9.78. The van der Waals surface area contributed by atoms with Crippen LogP contribution >= 0.6 is 23.2 Å². The molecule has 1 N–H and O–H groups in total. The monoisotopic (exact) mass is 208 g/mol. The van der Waals surface area contributed by atoms with Crippen LogP contribution in [0.5, 0.6) is 0 Å². The molecule has 66 valence electrons. The third kappa shape index (κ3) is 2.09. The van der Waals surface area contributed by atoms with Gasteiger partial charge in [0.05, 0.1) is 12.0 Å². The molecule has 0 unspecified atom stereocenters. The average molecular weight is 209 g/mol. The molecule has 0 radical (unpaired) electrons. The first-order valence-corrected chi connectivity index (χ1v) is 4.25. The van der Waals surface area contributed by atoms with Crippen LogP contribution in [0.25, 0.3) is 0 Å². The van der Waals surface area contributed by atoms with Crippen LogP contribution in [0, 0.1) is 5.82 Å². The number of aliphatic hydroxyl groups is 1. The lowest BCUT2D eigenvalue weighted by Crippen LogP contribution is -1.99. The third-order valence-corrected chi connectivity index (χ3v) is 2.10. The molecule has 4 heteroatoms. The molecule has 0 aliphatic carbocycles. The number of hydrogen-bond acceptors (Lipinski definition) is 1. The number of aliphatic hydroxyl groups excluding tert-OH is 1. The fraction of sp³-hybridized carbons (Fsp3) is 0.250. The van der Waals surface area contributed by atoms with Gasteiger partial charge in [0.15, 0.2) is 0 Å². The zero-order chi connectivity index (χ0) is 9.14. The van der Waals surface area contributed by atoms with Crippen molar-refractivity contribution in [2.45, 2.75) is 6.10 Å². The van der Waals surface area contributed by atoms with Crippen LogP contribution in [0.1, 0.15) is 11.7 Å². The molecule has 0 saturated carbocycles. The second-order valence-electron chi connectivity index (χ2n) is 2.34. The van der Waals surface area contributed by atoms with E-state index in [1.54, 1.807) is 0 Å². The Hall–Kier alpha value is -0.310. The molecule has 0 aliphatic rings. The largest absolute Gasteiger partial charge is 0.387 e. The predicted molar refractivity (Wildman–Crippen MR) is 47.1 cm³/mol. The Kier molecular flexibility index (Phi) is 3.32. The van der Waals surface area contributed by atoms with E-state index in [0.717, 1.165) is 0 Å². The van der Waals surface area contributed by atoms with Gasteiger partial charge in [-0.2, -0.15) is 0 Å². The zero-order valence-corrected chi connectivity index (χ0v) is 7.61. The normalized spacial score (nSPS) is 13.0. The summed E-state index contributed by atoms with van der Waals surface area (Å²) in [6.45, 7) is 0. The lowest BCUT2D eigenvalue weighted by molar-refractivity contribution is 0.202. The topological polar surface area (TPSA) is 20.2 Å². The van der Waals surface area contributed by atoms with E-state index in [1.165, 1.54) is 18.2 Å². The molecule has 0 bridgehead atoms. The van der Waals surface area contributed by atoms with Gasteiger partial charge in [-0.25, -0.2) is 4.39 Å². The first-order chi connectivity index (χ1) is 5.65. The molecule has 0 aliphatic heterocycles. The zero-order valence-electron chi connectivity index (χ0n) is 6.10. The highest BCUT2D eigenvalue weighted by Gasteiger charge is 2.10. The summed E-state index contributed by atoms with van der Waals surface area (Å²) in [5.41, 5.74) is 0.326. The molecule has 12 heavy (non-hydrogen) atoms. The molecule has 1 aromatic rings. The highest BCUT2D eigenvalue weighted by atomic mass is 35.5. The lowest BCUT2D eigenvalue weighted by atomic mass is 10.1. The standard InChI is InChI=1S/C8H7Cl2FO/c9-4-8(12)6-3-5(11)1-2-7(6)10/h1-3,8,12H,4H2/t8-/m0/s1. The maximum atomic E-state index is 12.6. The molecule has 0 amide bonds. The van der Waals surface area contributed by atoms with Crippen LogP contribution in [0.2, 0.25) is 5.02 Å². The van der Waals surface area contributed by atoms with Crippen molar-refractivity contribution in [1.82, 2.24) is 0 Å². The molecule has 1 atom stereocenters. The van der Waals surface area contributed by atoms with Crippen molar-refractivity contribution in [2.24, 2.45) is 0 Å². The summed E-state index contributed by atoms with van der Waals surface area (Å²) in [6.07, 6.45) is -0.908. The van der Waals surface area contributed by atoms with E-state index >= 15 is 0 Å². The first-order valence-electron chi connectivity index (χ1n) is 3.34. The molecular weight excluding hydrogens is 202 g/mol. The van der Waals surface area contributed by atoms with Crippen molar-refractivity contribution < 1.29 is 9.50 Å². The molecule has 1 rings (SSSR count). The molecule has 0 fully saturated rings. The van der Waals surface area contributed by atoms with E-state index < -0.39 is 11.9 Å². The minimum Gasteiger partial charge on any atom is -0.387 e. The Balaban J connectivity index is 3.04. The highest BCUT2D eigenvalue weighted by molar-refractivity contribution is 6.31. The van der Waals surface area contributed by atoms with Gasteiger partial charge in [0.25, 0.3) is 0 Å². The van der Waals surface area contributed by atoms with Crippen LogP contribution in [-0.4, -0.2) is 11.0 Å². The van der Waals surface area contributed by atoms with Gasteiger partial charge in [-0.3, -0.25) is 0 Å². The highest BCUT2D eigenvalue weighted by Crippen LogP contribution is 2.24. The van der Waals surface area contributed by atoms with E-state index in [1.807, 2.05) is 0 Å². The molecule has 1 aromatic carbocycles. The molecule has 0 spiro atoms. The van der Waals surface area contributed by atoms with Crippen molar-refractivity contribution in [3.8, 4) is 0 Å². The van der Waals surface area contributed by atoms with Gasteiger partial charge in [-0.05, 0) is 18.2 Å². The van der Waals surface area contributed by atoms with Crippen molar-refractivity contribution in [3.63, 3.8) is 0 Å². The summed E-state index contributed by atoms with van der Waals surface area (Å²) in [5, 5.41) is 9.58. The quantitative estimate of drug-likeness (QED) is 0.742. The Labute approximate surface area is 79.7 Å². The Bertz CT molecular complexity index is 278. The summed E-state index contributed by atoms with van der Waals surface area (Å²) in [4.78, 5) is 0. The average Bonchev–Trinajstić information content (AvgIpc) is 2.08. The number of benzene rings is 1. The maximum Gasteiger partial charge on any atom is 0.123 e. The van der Waals surface area contributed by atoms with Crippen molar-refractivity contribution in [1.29, 1.82) is 0 Å². The van der Waals surface area contributed by atoms with E-state index in [-0.39, 0.29) is 5.88 Å². The number of rotatable bonds is 2. The summed E-state index contributed by atoms with van der Waals surface area (Å²) in [6, 6.07) is 3.80. The fourth-order valence-corrected chi connectivity index (χ4v) is 1.26. The number of hydrogen-bond donors (Lipinski definition) is 1. The Morgan fingerprint density at radius 2 is 2.17 bits per heavy atom. The van der Waals surface area contributed by atoms with E-state index in [4.69, 9.17) is 23.2 Å². The van der Waals surface area contributed by atoms with Crippen LogP contribution < -0.4 is 0 Å². The second kappa shape index (κ2) is 4.08. The van der Waals surface area contributed by atoms with Gasteiger partial charge < -0.3 is 5.11 Å². The van der Waals surface area contributed by atoms with E-state index in [9.17, 15) is 9.50 Å². The third-order valence-electron chi connectivity index (χ3n) is 1.46. The number of alkyl halides is 1. The lowest BCUT2D eigenvalue weighted by Gasteiger charge is -2.08. The van der Waals surface area contributed by atoms with Gasteiger partial charge in [0.2, 0.25) is 0 Å². The van der Waals surface area contributed by atoms with Crippen molar-refractivity contribution >= 4 is 23.2 Å². The van der Waals surface area contributed by atoms with Crippen molar-refractivity contribution in [3.05, 3.63) is 34.6 Å². The molecule has 1 nitrogen and oxygen atoms in total. The smallest absolute Gasteiger partial charge is 0.123 e. The van der Waals surface area contributed by atoms with Crippen molar-refractivity contribution in [2.75, 3.05) is 5.88 Å². The SMILES string of the molecule is O[C@@H](CCl)c1cc(F)ccc1Cl. The molecule has 0 saturated heterocycles. The van der Waals surface area contributed by atoms with Gasteiger partial charge in [0, 0.05) is 10.6 Å². The minimum atomic E-state index is -0.908.